The molecule has 0 bridgehead atoms. The number of carbonyl (C=O) groups is 3. The van der Waals surface area contributed by atoms with Crippen LogP contribution in [0.5, 0.6) is 0 Å². The molecule has 47 heavy (non-hydrogen) atoms. The molecule has 6 heterocycles. The molecular formula is C32H37N7O7S. The molecule has 248 valence electrons. The van der Waals surface area contributed by atoms with Crippen molar-refractivity contribution in [3.63, 3.8) is 0 Å². The molecule has 3 saturated heterocycles. The number of amides is 2. The number of nitrogens with one attached hydrogen (secondary N) is 2. The number of carbonyl (C=O) groups excluding carboxylic acids is 2. The van der Waals surface area contributed by atoms with Gasteiger partial charge < -0.3 is 24.6 Å². The lowest BCUT2D eigenvalue weighted by molar-refractivity contribution is -0.161. The molecule has 0 radical (unpaired) electrons. The van der Waals surface area contributed by atoms with Gasteiger partial charge in [0.15, 0.2) is 35.3 Å². The van der Waals surface area contributed by atoms with Crippen LogP contribution in [0.2, 0.25) is 0 Å². The standard InChI is InChI=1S/C32H37N7O7S/c1-2-3-4-7-12-33-32(43)37-27-23-28(35-16-34-27)39(17-36-23)29-26-25(24(44-29)21(40)14-38-13-8-10-20(38)30(41)42)45-31(46-26)19-15-47-22-11-6-5-9-18(19)22/h5-6,9,11,15-17,20,24-26,29,31H,2-4,7-8,10,12-14H2,1H3,(H,41,42)(H2,33,34,35,37,43). The van der Waals surface area contributed by atoms with Crippen molar-refractivity contribution in [2.75, 3.05) is 25.0 Å². The molecule has 3 aliphatic heterocycles. The Hall–Kier alpha value is -4.02. The maximum atomic E-state index is 13.8. The predicted molar refractivity (Wildman–Crippen MR) is 172 cm³/mol. The zero-order valence-corrected chi connectivity index (χ0v) is 26.7. The second-order valence-corrected chi connectivity index (χ2v) is 13.0. The first kappa shape index (κ1) is 31.6. The highest BCUT2D eigenvalue weighted by atomic mass is 32.1. The van der Waals surface area contributed by atoms with Crippen molar-refractivity contribution in [2.24, 2.45) is 0 Å². The summed E-state index contributed by atoms with van der Waals surface area (Å²) in [5.41, 5.74) is 1.60. The number of imidazole rings is 1. The first-order valence-electron chi connectivity index (χ1n) is 16.1. The zero-order valence-electron chi connectivity index (χ0n) is 25.9. The number of aromatic nitrogens is 4. The third-order valence-electron chi connectivity index (χ3n) is 9.02. The summed E-state index contributed by atoms with van der Waals surface area (Å²) in [6.07, 6.45) is 4.11. The van der Waals surface area contributed by atoms with Crippen LogP contribution >= 0.6 is 11.3 Å². The minimum atomic E-state index is -1.02. The highest BCUT2D eigenvalue weighted by Crippen LogP contribution is 2.47. The third-order valence-corrected chi connectivity index (χ3v) is 10.0. The van der Waals surface area contributed by atoms with Crippen molar-refractivity contribution in [3.8, 4) is 0 Å². The second kappa shape index (κ2) is 13.6. The number of benzene rings is 1. The molecule has 4 aromatic rings. The number of hydrogen-bond donors (Lipinski definition) is 3. The van der Waals surface area contributed by atoms with Crippen LogP contribution in [0, 0.1) is 0 Å². The summed E-state index contributed by atoms with van der Waals surface area (Å²) in [5, 5.41) is 18.3. The maximum Gasteiger partial charge on any atom is 0.320 e. The number of ether oxygens (including phenoxy) is 3. The number of hydrogen-bond acceptors (Lipinski definition) is 11. The Bertz CT molecular complexity index is 1780. The van der Waals surface area contributed by atoms with Crippen LogP contribution in [0.4, 0.5) is 10.6 Å². The van der Waals surface area contributed by atoms with E-state index in [4.69, 9.17) is 14.2 Å². The van der Waals surface area contributed by atoms with Gasteiger partial charge in [-0.3, -0.25) is 24.4 Å². The number of carboxylic acids is 1. The fourth-order valence-corrected chi connectivity index (χ4v) is 7.64. The summed E-state index contributed by atoms with van der Waals surface area (Å²) in [6.45, 7) is 3.11. The Morgan fingerprint density at radius 1 is 1.06 bits per heavy atom. The molecule has 2 amide bonds. The lowest BCUT2D eigenvalue weighted by Gasteiger charge is -2.24. The molecule has 7 rings (SSSR count). The molecule has 3 aliphatic rings. The molecule has 6 atom stereocenters. The number of thiophene rings is 1. The summed E-state index contributed by atoms with van der Waals surface area (Å²) < 4.78 is 22.1. The van der Waals surface area contributed by atoms with Gasteiger partial charge in [-0.25, -0.2) is 19.7 Å². The van der Waals surface area contributed by atoms with Gasteiger partial charge >= 0.3 is 12.0 Å². The number of aliphatic carboxylic acids is 1. The fraction of sp³-hybridized carbons (Fsp3) is 0.500. The van der Waals surface area contributed by atoms with Crippen LogP contribution in [-0.2, 0) is 23.8 Å². The van der Waals surface area contributed by atoms with E-state index in [2.05, 4.69) is 32.5 Å². The van der Waals surface area contributed by atoms with Crippen molar-refractivity contribution in [1.29, 1.82) is 0 Å². The zero-order chi connectivity index (χ0) is 32.5. The van der Waals surface area contributed by atoms with E-state index in [1.165, 1.54) is 12.7 Å². The summed E-state index contributed by atoms with van der Waals surface area (Å²) in [7, 11) is 0. The van der Waals surface area contributed by atoms with E-state index < -0.39 is 42.8 Å². The minimum absolute atomic E-state index is 0.0819. The lowest BCUT2D eigenvalue weighted by Crippen LogP contribution is -2.45. The number of anilines is 1. The molecule has 0 saturated carbocycles. The fourth-order valence-electron chi connectivity index (χ4n) is 6.68. The van der Waals surface area contributed by atoms with E-state index in [1.54, 1.807) is 20.8 Å². The molecule has 0 spiro atoms. The number of nitrogens with zero attached hydrogens (tertiary/aromatic N) is 5. The quantitative estimate of drug-likeness (QED) is 0.185. The number of unbranched alkanes of at least 4 members (excludes halogenated alkanes) is 3. The molecule has 1 aromatic carbocycles. The van der Waals surface area contributed by atoms with E-state index in [-0.39, 0.29) is 24.2 Å². The van der Waals surface area contributed by atoms with Gasteiger partial charge in [-0.2, -0.15) is 0 Å². The summed E-state index contributed by atoms with van der Waals surface area (Å²) >= 11 is 1.58. The van der Waals surface area contributed by atoms with Crippen LogP contribution in [0.3, 0.4) is 0 Å². The van der Waals surface area contributed by atoms with Gasteiger partial charge in [0, 0.05) is 27.6 Å². The van der Waals surface area contributed by atoms with E-state index in [0.29, 0.717) is 37.1 Å². The van der Waals surface area contributed by atoms with Crippen molar-refractivity contribution in [1.82, 2.24) is 29.7 Å². The van der Waals surface area contributed by atoms with E-state index in [0.717, 1.165) is 41.3 Å². The van der Waals surface area contributed by atoms with Crippen LogP contribution in [0.1, 0.15) is 63.5 Å². The number of ketones is 1. The van der Waals surface area contributed by atoms with Gasteiger partial charge in [-0.1, -0.05) is 44.4 Å². The van der Waals surface area contributed by atoms with Crippen molar-refractivity contribution in [3.05, 3.63) is 47.9 Å². The largest absolute Gasteiger partial charge is 0.480 e. The van der Waals surface area contributed by atoms with Gasteiger partial charge in [0.2, 0.25) is 0 Å². The number of fused-ring (bicyclic) bond motifs is 3. The first-order valence-corrected chi connectivity index (χ1v) is 17.0. The predicted octanol–water partition coefficient (Wildman–Crippen LogP) is 4.24. The molecule has 0 aliphatic carbocycles. The van der Waals surface area contributed by atoms with Gasteiger partial charge in [-0.05, 0) is 31.9 Å². The number of likely N-dealkylation sites (tertiary alicyclic amines) is 1. The molecule has 6 unspecified atom stereocenters. The molecule has 3 fully saturated rings. The van der Waals surface area contributed by atoms with E-state index >= 15 is 0 Å². The number of carboxylic acid groups (broad SMARTS) is 1. The third kappa shape index (κ3) is 6.21. The summed E-state index contributed by atoms with van der Waals surface area (Å²) in [4.78, 5) is 53.1. The van der Waals surface area contributed by atoms with Crippen LogP contribution in [0.15, 0.2) is 42.3 Å². The lowest BCUT2D eigenvalue weighted by atomic mass is 10.1. The van der Waals surface area contributed by atoms with Crippen LogP contribution in [0.25, 0.3) is 21.3 Å². The normalized spacial score (nSPS) is 25.8. The first-order chi connectivity index (χ1) is 22.9. The average Bonchev–Trinajstić information content (AvgIpc) is 3.89. The van der Waals surface area contributed by atoms with Gasteiger partial charge in [0.1, 0.15) is 30.7 Å². The Labute approximate surface area is 274 Å². The smallest absolute Gasteiger partial charge is 0.320 e. The van der Waals surface area contributed by atoms with E-state index in [9.17, 15) is 19.5 Å². The second-order valence-electron chi connectivity index (χ2n) is 12.1. The van der Waals surface area contributed by atoms with Crippen LogP contribution in [-0.4, -0.2) is 91.3 Å². The Balaban J connectivity index is 1.15. The average molecular weight is 664 g/mol. The van der Waals surface area contributed by atoms with Gasteiger partial charge in [0.25, 0.3) is 0 Å². The number of rotatable bonds is 12. The topological polar surface area (TPSA) is 170 Å². The van der Waals surface area contributed by atoms with Crippen LogP contribution < -0.4 is 10.6 Å². The minimum Gasteiger partial charge on any atom is -0.480 e. The Morgan fingerprint density at radius 2 is 1.91 bits per heavy atom. The Kier molecular flexibility index (Phi) is 9.14. The number of urea groups is 1. The van der Waals surface area contributed by atoms with Crippen molar-refractivity contribution in [2.45, 2.75) is 82.3 Å². The van der Waals surface area contributed by atoms with Gasteiger partial charge in [0.05, 0.1) is 12.9 Å². The molecule has 3 aromatic heterocycles. The van der Waals surface area contributed by atoms with Crippen molar-refractivity contribution < 1.29 is 33.7 Å². The summed E-state index contributed by atoms with van der Waals surface area (Å²) in [6, 6.07) is 6.86. The SMILES string of the molecule is CCCCCCNC(=O)Nc1ncnc2c1ncn2C1OC(C(=O)CN2CCCC2C(=O)O)C2OC(c3csc4ccccc34)OC21. The summed E-state index contributed by atoms with van der Waals surface area (Å²) in [5.74, 6) is -0.989. The molecule has 14 nitrogen and oxygen atoms in total. The van der Waals surface area contributed by atoms with Crippen molar-refractivity contribution >= 4 is 56.2 Å². The van der Waals surface area contributed by atoms with Gasteiger partial charge in [-0.15, -0.1) is 11.3 Å². The highest BCUT2D eigenvalue weighted by Gasteiger charge is 2.57. The number of Topliss-reactive ketones (excluding diaryl/α,β-unsaturated/α-hetero) is 1. The molecule has 15 heteroatoms. The molecular weight excluding hydrogens is 626 g/mol. The highest BCUT2D eigenvalue weighted by molar-refractivity contribution is 7.17. The molecule has 3 N–H and O–H groups in total. The Morgan fingerprint density at radius 3 is 2.77 bits per heavy atom. The van der Waals surface area contributed by atoms with E-state index in [1.807, 2.05) is 29.6 Å². The monoisotopic (exact) mass is 663 g/mol. The maximum absolute atomic E-state index is 13.8.